The van der Waals surface area contributed by atoms with Crippen LogP contribution < -0.4 is 0 Å². The first-order valence-corrected chi connectivity index (χ1v) is 10.6. The molecule has 0 aliphatic carbocycles. The Morgan fingerprint density at radius 2 is 1.82 bits per heavy atom. The lowest BCUT2D eigenvalue weighted by Crippen LogP contribution is -2.38. The van der Waals surface area contributed by atoms with Gasteiger partial charge in [-0.3, -0.25) is 19.7 Å². The summed E-state index contributed by atoms with van der Waals surface area (Å²) in [4.78, 5) is 37.1. The number of nitrogens with zero attached hydrogens (tertiary/aromatic N) is 4. The Bertz CT molecular complexity index is 1130. The normalized spacial score (nSPS) is 11.6. The molecule has 9 heteroatoms. The molecular weight excluding hydrogens is 424 g/mol. The number of rotatable bonds is 9. The van der Waals surface area contributed by atoms with Crippen molar-refractivity contribution >= 4 is 17.6 Å². The van der Waals surface area contributed by atoms with Gasteiger partial charge in [-0.15, -0.1) is 0 Å². The highest BCUT2D eigenvalue weighted by Crippen LogP contribution is 2.26. The first-order chi connectivity index (χ1) is 15.8. The third-order valence-electron chi connectivity index (χ3n) is 5.34. The van der Waals surface area contributed by atoms with E-state index in [4.69, 9.17) is 4.74 Å². The quantitative estimate of drug-likeness (QED) is 0.280. The molecule has 1 aromatic heterocycles. The second kappa shape index (κ2) is 10.5. The highest BCUT2D eigenvalue weighted by Gasteiger charge is 2.23. The Morgan fingerprint density at radius 1 is 1.15 bits per heavy atom. The largest absolute Gasteiger partial charge is 0.469 e. The van der Waals surface area contributed by atoms with Gasteiger partial charge in [0.25, 0.3) is 5.69 Å². The number of likely N-dealkylation sites (N-methyl/N-ethyl adjacent to an activating group) is 1. The fraction of sp³-hybridized carbons (Fsp3) is 0.292. The number of carbonyl (C=O) groups is 2. The van der Waals surface area contributed by atoms with Crippen molar-refractivity contribution in [3.05, 3.63) is 76.5 Å². The Morgan fingerprint density at radius 3 is 2.39 bits per heavy atom. The van der Waals surface area contributed by atoms with Crippen LogP contribution in [0.15, 0.2) is 60.8 Å². The van der Waals surface area contributed by atoms with Gasteiger partial charge in [0.15, 0.2) is 0 Å². The summed E-state index contributed by atoms with van der Waals surface area (Å²) in [7, 11) is 1.32. The molecule has 1 unspecified atom stereocenters. The van der Waals surface area contributed by atoms with Gasteiger partial charge in [0.2, 0.25) is 5.91 Å². The van der Waals surface area contributed by atoms with Crippen LogP contribution in [0.2, 0.25) is 0 Å². The van der Waals surface area contributed by atoms with E-state index in [0.29, 0.717) is 23.4 Å². The van der Waals surface area contributed by atoms with Gasteiger partial charge >= 0.3 is 5.97 Å². The van der Waals surface area contributed by atoms with Crippen LogP contribution in [0.25, 0.3) is 16.9 Å². The fourth-order valence-electron chi connectivity index (χ4n) is 3.52. The number of esters is 1. The average Bonchev–Trinajstić information content (AvgIpc) is 3.25. The summed E-state index contributed by atoms with van der Waals surface area (Å²) in [5.74, 6) is -0.964. The van der Waals surface area contributed by atoms with E-state index in [9.17, 15) is 19.7 Å². The van der Waals surface area contributed by atoms with Crippen LogP contribution >= 0.6 is 0 Å². The molecule has 0 aliphatic heterocycles. The summed E-state index contributed by atoms with van der Waals surface area (Å²) < 4.78 is 6.46. The summed E-state index contributed by atoms with van der Waals surface area (Å²) >= 11 is 0. The summed E-state index contributed by atoms with van der Waals surface area (Å²) in [6.07, 6.45) is 1.86. The second-order valence-corrected chi connectivity index (χ2v) is 7.62. The molecule has 1 amide bonds. The standard InChI is InChI=1S/C24H26N4O5/c1-4-26(15-17(2)24(30)33-3)22(29)14-19-16-27(20-8-6-5-7-9-20)25-23(19)18-10-12-21(13-11-18)28(31)32/h5-13,16-17H,4,14-15H2,1-3H3. The van der Waals surface area contributed by atoms with E-state index in [2.05, 4.69) is 5.10 Å². The molecule has 0 radical (unpaired) electrons. The van der Waals surface area contributed by atoms with Crippen LogP contribution in [0.1, 0.15) is 19.4 Å². The minimum atomic E-state index is -0.460. The topological polar surface area (TPSA) is 108 Å². The summed E-state index contributed by atoms with van der Waals surface area (Å²) in [6, 6.07) is 15.6. The van der Waals surface area contributed by atoms with Crippen molar-refractivity contribution in [3.63, 3.8) is 0 Å². The minimum Gasteiger partial charge on any atom is -0.469 e. The molecular formula is C24H26N4O5. The first-order valence-electron chi connectivity index (χ1n) is 10.6. The van der Waals surface area contributed by atoms with Crippen molar-refractivity contribution in [1.29, 1.82) is 0 Å². The SMILES string of the molecule is CCN(CC(C)C(=O)OC)C(=O)Cc1cn(-c2ccccc2)nc1-c1ccc([N+](=O)[O-])cc1. The molecule has 1 heterocycles. The van der Waals surface area contributed by atoms with Crippen LogP contribution in [0, 0.1) is 16.0 Å². The molecule has 172 valence electrons. The summed E-state index contributed by atoms with van der Waals surface area (Å²) in [6.45, 7) is 4.27. The lowest BCUT2D eigenvalue weighted by Gasteiger charge is -2.23. The molecule has 3 aromatic rings. The average molecular weight is 450 g/mol. The van der Waals surface area contributed by atoms with E-state index in [1.165, 1.54) is 19.2 Å². The smallest absolute Gasteiger partial charge is 0.310 e. The van der Waals surface area contributed by atoms with Crippen LogP contribution in [-0.2, 0) is 20.7 Å². The molecule has 0 saturated heterocycles. The van der Waals surface area contributed by atoms with Gasteiger partial charge in [0.05, 0.1) is 35.8 Å². The van der Waals surface area contributed by atoms with Crippen molar-refractivity contribution in [2.45, 2.75) is 20.3 Å². The van der Waals surface area contributed by atoms with Gasteiger partial charge in [-0.05, 0) is 31.2 Å². The lowest BCUT2D eigenvalue weighted by atomic mass is 10.0. The number of ether oxygens (including phenoxy) is 1. The van der Waals surface area contributed by atoms with Crippen molar-refractivity contribution in [3.8, 4) is 16.9 Å². The maximum atomic E-state index is 13.1. The van der Waals surface area contributed by atoms with Crippen LogP contribution in [0.5, 0.6) is 0 Å². The van der Waals surface area contributed by atoms with Gasteiger partial charge in [0, 0.05) is 42.5 Å². The number of methoxy groups -OCH3 is 1. The number of hydrogen-bond acceptors (Lipinski definition) is 6. The molecule has 9 nitrogen and oxygen atoms in total. The lowest BCUT2D eigenvalue weighted by molar-refractivity contribution is -0.384. The van der Waals surface area contributed by atoms with Gasteiger partial charge in [0.1, 0.15) is 0 Å². The van der Waals surface area contributed by atoms with Crippen molar-refractivity contribution in [1.82, 2.24) is 14.7 Å². The van der Waals surface area contributed by atoms with Gasteiger partial charge in [-0.1, -0.05) is 25.1 Å². The number of hydrogen-bond donors (Lipinski definition) is 0. The highest BCUT2D eigenvalue weighted by molar-refractivity contribution is 5.82. The van der Waals surface area contributed by atoms with E-state index in [-0.39, 0.29) is 30.5 Å². The Hall–Kier alpha value is -4.01. The van der Waals surface area contributed by atoms with E-state index >= 15 is 0 Å². The molecule has 0 spiro atoms. The van der Waals surface area contributed by atoms with Crippen molar-refractivity contribution in [2.75, 3.05) is 20.2 Å². The molecule has 3 rings (SSSR count). The summed E-state index contributed by atoms with van der Waals surface area (Å²) in [5.41, 5.74) is 2.73. The van der Waals surface area contributed by atoms with E-state index in [1.807, 2.05) is 37.3 Å². The summed E-state index contributed by atoms with van der Waals surface area (Å²) in [5, 5.41) is 15.7. The predicted octanol–water partition coefficient (Wildman–Crippen LogP) is 3.65. The number of nitro benzene ring substituents is 1. The number of nitro groups is 1. The molecule has 2 aromatic carbocycles. The third-order valence-corrected chi connectivity index (χ3v) is 5.34. The second-order valence-electron chi connectivity index (χ2n) is 7.62. The first kappa shape index (κ1) is 23.6. The number of non-ortho nitro benzene ring substituents is 1. The van der Waals surface area contributed by atoms with Gasteiger partial charge in [-0.2, -0.15) is 5.10 Å². The number of para-hydroxylation sites is 1. The van der Waals surface area contributed by atoms with Crippen molar-refractivity contribution in [2.24, 2.45) is 5.92 Å². The Labute approximate surface area is 191 Å². The third kappa shape index (κ3) is 5.62. The van der Waals surface area contributed by atoms with E-state index in [1.54, 1.807) is 34.8 Å². The molecule has 1 atom stereocenters. The zero-order valence-electron chi connectivity index (χ0n) is 18.8. The molecule has 0 saturated carbocycles. The Kier molecular flexibility index (Phi) is 7.55. The number of amides is 1. The molecule has 0 fully saturated rings. The predicted molar refractivity (Wildman–Crippen MR) is 123 cm³/mol. The molecule has 0 N–H and O–H groups in total. The van der Waals surface area contributed by atoms with Crippen LogP contribution in [0.4, 0.5) is 5.69 Å². The zero-order valence-corrected chi connectivity index (χ0v) is 18.8. The van der Waals surface area contributed by atoms with Gasteiger partial charge in [-0.25, -0.2) is 4.68 Å². The molecule has 33 heavy (non-hydrogen) atoms. The van der Waals surface area contributed by atoms with Crippen LogP contribution in [0.3, 0.4) is 0 Å². The molecule has 0 bridgehead atoms. The number of aromatic nitrogens is 2. The van der Waals surface area contributed by atoms with E-state index in [0.717, 1.165) is 5.69 Å². The Balaban J connectivity index is 1.93. The fourth-order valence-corrected chi connectivity index (χ4v) is 3.52. The number of benzene rings is 2. The number of carbonyl (C=O) groups excluding carboxylic acids is 2. The maximum absolute atomic E-state index is 13.1. The highest BCUT2D eigenvalue weighted by atomic mass is 16.6. The molecule has 0 aliphatic rings. The van der Waals surface area contributed by atoms with E-state index < -0.39 is 10.8 Å². The zero-order chi connectivity index (χ0) is 24.0. The maximum Gasteiger partial charge on any atom is 0.310 e. The van der Waals surface area contributed by atoms with Gasteiger partial charge < -0.3 is 9.64 Å². The minimum absolute atomic E-state index is 0.0205. The monoisotopic (exact) mass is 450 g/mol. The van der Waals surface area contributed by atoms with Crippen LogP contribution in [-0.4, -0.2) is 51.7 Å². The van der Waals surface area contributed by atoms with Crippen molar-refractivity contribution < 1.29 is 19.2 Å².